The van der Waals surface area contributed by atoms with Gasteiger partial charge in [0.1, 0.15) is 0 Å². The summed E-state index contributed by atoms with van der Waals surface area (Å²) < 4.78 is 0. The smallest absolute Gasteiger partial charge is 0.0249 e. The summed E-state index contributed by atoms with van der Waals surface area (Å²) in [5.74, 6) is 0. The summed E-state index contributed by atoms with van der Waals surface area (Å²) in [7, 11) is -0.579. The van der Waals surface area contributed by atoms with Crippen molar-refractivity contribution in [1.29, 1.82) is 0 Å². The van der Waals surface area contributed by atoms with E-state index in [2.05, 4.69) is 213 Å². The Kier molecular flexibility index (Phi) is 8.16. The molecule has 0 aliphatic heterocycles. The maximum absolute atomic E-state index is 3.62. The maximum Gasteiger partial charge on any atom is 0.0249 e. The SMILES string of the molecule is C[C@]1(c2ccc3c(c2)Cc2cc4c5c(cccc5c2-3)-c2c-4c(-c3ccccc3)c3ccccc3c2C2=C=CC=C2)CCC(P(c2ccc3ccccc3c2)c2ccc3ccccc3c2)C1. The average Bonchev–Trinajstić information content (AvgIpc) is 4.17. The van der Waals surface area contributed by atoms with Crippen LogP contribution in [0.5, 0.6) is 0 Å². The van der Waals surface area contributed by atoms with Gasteiger partial charge in [0.25, 0.3) is 0 Å². The Bertz CT molecular complexity index is 3700. The van der Waals surface area contributed by atoms with Crippen LogP contribution < -0.4 is 10.6 Å². The van der Waals surface area contributed by atoms with Crippen molar-refractivity contribution < 1.29 is 0 Å². The lowest BCUT2D eigenvalue weighted by Crippen LogP contribution is -2.23. The molecule has 0 N–H and O–H groups in total. The van der Waals surface area contributed by atoms with Crippen LogP contribution in [0, 0.1) is 0 Å². The third-order valence-corrected chi connectivity index (χ3v) is 18.3. The van der Waals surface area contributed by atoms with Crippen molar-refractivity contribution in [2.45, 2.75) is 43.7 Å². The first-order valence-electron chi connectivity index (χ1n) is 23.4. The second-order valence-electron chi connectivity index (χ2n) is 19.1. The molecule has 306 valence electrons. The molecule has 0 spiro atoms. The van der Waals surface area contributed by atoms with Crippen LogP contribution in [0.1, 0.15) is 48.4 Å². The van der Waals surface area contributed by atoms with Gasteiger partial charge in [-0.1, -0.05) is 177 Å². The number of allylic oxidation sites excluding steroid dienone is 3. The van der Waals surface area contributed by atoms with Gasteiger partial charge >= 0.3 is 0 Å². The van der Waals surface area contributed by atoms with Crippen molar-refractivity contribution in [3.8, 4) is 44.5 Å². The predicted molar refractivity (Wildman–Crippen MR) is 279 cm³/mol. The molecule has 4 aliphatic rings. The van der Waals surface area contributed by atoms with E-state index in [1.54, 1.807) is 0 Å². The number of fused-ring (bicyclic) bond motifs is 10. The summed E-state index contributed by atoms with van der Waals surface area (Å²) in [4.78, 5) is 0. The highest BCUT2D eigenvalue weighted by molar-refractivity contribution is 7.73. The molecule has 14 rings (SSSR count). The normalized spacial score (nSPS) is 17.8. The molecule has 1 saturated carbocycles. The van der Waals surface area contributed by atoms with Crippen LogP contribution >= 0.6 is 7.92 Å². The summed E-state index contributed by atoms with van der Waals surface area (Å²) in [6.45, 7) is 2.57. The minimum absolute atomic E-state index is 0.105. The fourth-order valence-corrected chi connectivity index (χ4v) is 15.7. The van der Waals surface area contributed by atoms with E-state index in [-0.39, 0.29) is 5.41 Å². The van der Waals surface area contributed by atoms with E-state index in [1.165, 1.54) is 140 Å². The third kappa shape index (κ3) is 5.61. The van der Waals surface area contributed by atoms with Crippen LogP contribution in [0.25, 0.3) is 93.2 Å². The van der Waals surface area contributed by atoms with E-state index in [4.69, 9.17) is 0 Å². The molecule has 1 fully saturated rings. The van der Waals surface area contributed by atoms with Crippen molar-refractivity contribution in [1.82, 2.24) is 0 Å². The number of benzene rings is 10. The molecule has 0 amide bonds. The first-order valence-corrected chi connectivity index (χ1v) is 24.8. The standard InChI is InChI=1S/C64H45P/c1-64(33-32-51(39-64)65(49-29-26-40-14-5-9-20-44(40)36-49)50-30-27-41-15-6-10-21-45(41)37-50)48-28-31-52-46(35-48)34-47-38-57-61-55(58(47)52)24-13-25-56(61)62-59(43-18-7-8-19-43)53-22-11-12-23-54(53)60(63(57)62)42-16-3-2-4-17-42/h2-18,20-31,35-38,51H,32-34,39H2,1H3/t51?,64-/m0/s1. The van der Waals surface area contributed by atoms with Gasteiger partial charge in [0.15, 0.2) is 0 Å². The highest BCUT2D eigenvalue weighted by Gasteiger charge is 2.42. The second kappa shape index (κ2) is 14.2. The molecule has 4 aliphatic carbocycles. The van der Waals surface area contributed by atoms with Crippen molar-refractivity contribution in [3.63, 3.8) is 0 Å². The number of rotatable bonds is 6. The lowest BCUT2D eigenvalue weighted by atomic mass is 9.80. The monoisotopic (exact) mass is 844 g/mol. The minimum atomic E-state index is -0.579. The zero-order chi connectivity index (χ0) is 42.8. The Labute approximate surface area is 381 Å². The van der Waals surface area contributed by atoms with Crippen molar-refractivity contribution in [2.24, 2.45) is 0 Å². The Morgan fingerprint density at radius 2 is 1.17 bits per heavy atom. The summed E-state index contributed by atoms with van der Waals surface area (Å²) >= 11 is 0. The van der Waals surface area contributed by atoms with Gasteiger partial charge in [0.2, 0.25) is 0 Å². The molecule has 65 heavy (non-hydrogen) atoms. The van der Waals surface area contributed by atoms with Gasteiger partial charge in [-0.3, -0.25) is 0 Å². The van der Waals surface area contributed by atoms with E-state index < -0.39 is 7.92 Å². The fourth-order valence-electron chi connectivity index (χ4n) is 12.5. The van der Waals surface area contributed by atoms with Crippen LogP contribution in [0.2, 0.25) is 0 Å². The van der Waals surface area contributed by atoms with Gasteiger partial charge in [-0.15, -0.1) is 5.73 Å². The molecule has 0 bridgehead atoms. The highest BCUT2D eigenvalue weighted by Crippen LogP contribution is 2.60. The first kappa shape index (κ1) is 37.3. The Hall–Kier alpha value is -7.07. The van der Waals surface area contributed by atoms with Gasteiger partial charge in [0.05, 0.1) is 0 Å². The fraction of sp³-hybridized carbons (Fsp3) is 0.109. The zero-order valence-corrected chi connectivity index (χ0v) is 37.3. The molecule has 1 unspecified atom stereocenters. The molecule has 1 heteroatoms. The molecular weight excluding hydrogens is 800 g/mol. The van der Waals surface area contributed by atoms with Gasteiger partial charge in [0, 0.05) is 11.1 Å². The molecular formula is C64H45P. The summed E-state index contributed by atoms with van der Waals surface area (Å²) in [5.41, 5.74) is 22.1. The van der Waals surface area contributed by atoms with Crippen molar-refractivity contribution >= 4 is 67.2 Å². The van der Waals surface area contributed by atoms with Crippen LogP contribution in [-0.4, -0.2) is 5.66 Å². The molecule has 0 heterocycles. The van der Waals surface area contributed by atoms with Gasteiger partial charge in [-0.25, -0.2) is 0 Å². The molecule has 10 aromatic rings. The van der Waals surface area contributed by atoms with Gasteiger partial charge in [-0.05, 0) is 190 Å². The maximum atomic E-state index is 3.62. The quantitative estimate of drug-likeness (QED) is 0.116. The molecule has 2 atom stereocenters. The molecule has 0 saturated heterocycles. The van der Waals surface area contributed by atoms with Crippen LogP contribution in [0.3, 0.4) is 0 Å². The topological polar surface area (TPSA) is 0 Å². The first-order chi connectivity index (χ1) is 32.1. The largest absolute Gasteiger partial charge is 0.112 e. The lowest BCUT2D eigenvalue weighted by molar-refractivity contribution is 0.492. The third-order valence-electron chi connectivity index (χ3n) is 15.5. The Morgan fingerprint density at radius 3 is 1.89 bits per heavy atom. The van der Waals surface area contributed by atoms with E-state index in [1.807, 2.05) is 0 Å². The number of hydrogen-bond acceptors (Lipinski definition) is 0. The predicted octanol–water partition coefficient (Wildman–Crippen LogP) is 16.2. The van der Waals surface area contributed by atoms with E-state index in [0.717, 1.165) is 12.0 Å². The van der Waals surface area contributed by atoms with Gasteiger partial charge in [-0.2, -0.15) is 0 Å². The van der Waals surface area contributed by atoms with Crippen LogP contribution in [0.4, 0.5) is 0 Å². The van der Waals surface area contributed by atoms with Crippen molar-refractivity contribution in [2.75, 3.05) is 0 Å². The summed E-state index contributed by atoms with van der Waals surface area (Å²) in [6, 6.07) is 69.7. The molecule has 10 aromatic carbocycles. The summed E-state index contributed by atoms with van der Waals surface area (Å²) in [5, 5.41) is 13.7. The van der Waals surface area contributed by atoms with E-state index >= 15 is 0 Å². The number of hydrogen-bond donors (Lipinski definition) is 0. The molecule has 0 aromatic heterocycles. The molecule has 0 radical (unpaired) electrons. The Balaban J connectivity index is 0.880. The minimum Gasteiger partial charge on any atom is -0.112 e. The van der Waals surface area contributed by atoms with Gasteiger partial charge < -0.3 is 0 Å². The highest BCUT2D eigenvalue weighted by atomic mass is 31.1. The second-order valence-corrected chi connectivity index (χ2v) is 21.6. The lowest BCUT2D eigenvalue weighted by Gasteiger charge is -2.30. The Morgan fingerprint density at radius 1 is 0.508 bits per heavy atom. The van der Waals surface area contributed by atoms with Crippen LogP contribution in [0.15, 0.2) is 206 Å². The summed E-state index contributed by atoms with van der Waals surface area (Å²) in [6.07, 6.45) is 11.0. The molecule has 0 nitrogen and oxygen atoms in total. The van der Waals surface area contributed by atoms with E-state index in [0.29, 0.717) is 5.66 Å². The van der Waals surface area contributed by atoms with Crippen molar-refractivity contribution in [3.05, 3.63) is 228 Å². The average molecular weight is 845 g/mol. The van der Waals surface area contributed by atoms with Crippen LogP contribution in [-0.2, 0) is 11.8 Å². The zero-order valence-electron chi connectivity index (χ0n) is 36.4. The van der Waals surface area contributed by atoms with E-state index in [9.17, 15) is 0 Å².